The summed E-state index contributed by atoms with van der Waals surface area (Å²) >= 11 is 8.74. The standard InChI is InChI=1S/C46H36ClF2N5O5S2/c47-26-31-27-60-42-37(41(56)54(42)38(31)43(57)58-39(29-16-6-1-7-17-29)30-18-8-2-9-19-30)51-40(55)36(53-59-44(48)49)35-28-61-45(50-35)52-46(32-20-10-3-11-21-32,33-22-12-4-13-23-33)34-24-14-5-15-25-34/h1-25,28,37,39,42,44H,26-27H2,(H,50,52)(H,51,55)/b53-36-/t37-,42-/m1/s1. The monoisotopic (exact) mass is 875 g/mol. The lowest BCUT2D eigenvalue weighted by atomic mass is 9.77. The van der Waals surface area contributed by atoms with Crippen LogP contribution in [0.5, 0.6) is 0 Å². The van der Waals surface area contributed by atoms with Crippen LogP contribution in [0.2, 0.25) is 0 Å². The number of thioether (sulfide) groups is 1. The van der Waals surface area contributed by atoms with Crippen molar-refractivity contribution in [1.82, 2.24) is 15.2 Å². The maximum Gasteiger partial charge on any atom is 0.407 e. The molecule has 0 radical (unpaired) electrons. The smallest absolute Gasteiger partial charge is 0.407 e. The third-order valence-corrected chi connectivity index (χ3v) is 12.6. The third-order valence-electron chi connectivity index (χ3n) is 10.2. The lowest BCUT2D eigenvalue weighted by Crippen LogP contribution is -2.71. The first kappa shape index (κ1) is 41.4. The van der Waals surface area contributed by atoms with E-state index in [1.807, 2.05) is 152 Å². The molecule has 0 unspecified atom stereocenters. The van der Waals surface area contributed by atoms with E-state index >= 15 is 0 Å². The van der Waals surface area contributed by atoms with Gasteiger partial charge in [-0.3, -0.25) is 14.5 Å². The van der Waals surface area contributed by atoms with E-state index in [0.29, 0.717) is 10.7 Å². The highest BCUT2D eigenvalue weighted by atomic mass is 35.5. The highest BCUT2D eigenvalue weighted by Crippen LogP contribution is 2.43. The van der Waals surface area contributed by atoms with Gasteiger partial charge in [0.15, 0.2) is 16.9 Å². The summed E-state index contributed by atoms with van der Waals surface area (Å²) < 4.78 is 33.1. The number of fused-ring (bicyclic) bond motifs is 1. The van der Waals surface area contributed by atoms with Gasteiger partial charge >= 0.3 is 12.6 Å². The van der Waals surface area contributed by atoms with Crippen LogP contribution in [0.25, 0.3) is 0 Å². The molecular weight excluding hydrogens is 840 g/mol. The quantitative estimate of drug-likeness (QED) is 0.0263. The summed E-state index contributed by atoms with van der Waals surface area (Å²) in [6, 6.07) is 46.5. The van der Waals surface area contributed by atoms with Gasteiger partial charge in [-0.15, -0.1) is 34.7 Å². The molecule has 1 fully saturated rings. The fraction of sp³-hybridized carbons (Fsp3) is 0.152. The molecule has 0 saturated carbocycles. The van der Waals surface area contributed by atoms with Gasteiger partial charge in [0.25, 0.3) is 11.8 Å². The van der Waals surface area contributed by atoms with Crippen molar-refractivity contribution in [1.29, 1.82) is 0 Å². The van der Waals surface area contributed by atoms with Crippen LogP contribution in [0.1, 0.15) is 39.6 Å². The predicted molar refractivity (Wildman–Crippen MR) is 232 cm³/mol. The second-order valence-electron chi connectivity index (χ2n) is 13.9. The van der Waals surface area contributed by atoms with E-state index in [-0.39, 0.29) is 23.0 Å². The van der Waals surface area contributed by atoms with Crippen molar-refractivity contribution in [2.45, 2.75) is 29.7 Å². The molecule has 2 atom stereocenters. The number of thiazole rings is 1. The molecule has 0 spiro atoms. The molecule has 5 aromatic carbocycles. The molecule has 15 heteroatoms. The minimum atomic E-state index is -3.35. The number of hydrogen-bond donors (Lipinski definition) is 2. The molecule has 0 bridgehead atoms. The van der Waals surface area contributed by atoms with E-state index in [2.05, 4.69) is 25.6 Å². The number of hydrogen-bond acceptors (Lipinski definition) is 10. The highest BCUT2D eigenvalue weighted by Gasteiger charge is 2.55. The molecule has 61 heavy (non-hydrogen) atoms. The van der Waals surface area contributed by atoms with Crippen LogP contribution in [0, 0.1) is 0 Å². The van der Waals surface area contributed by atoms with Crippen LogP contribution >= 0.6 is 34.7 Å². The van der Waals surface area contributed by atoms with E-state index < -0.39 is 53.2 Å². The molecular formula is C46H36ClF2N5O5S2. The first-order valence-electron chi connectivity index (χ1n) is 19.1. The number of β-lactam (4-membered cyclic amide) rings is 1. The fourth-order valence-electron chi connectivity index (χ4n) is 7.41. The van der Waals surface area contributed by atoms with E-state index in [1.165, 1.54) is 22.0 Å². The average Bonchev–Trinajstić information content (AvgIpc) is 3.77. The first-order valence-corrected chi connectivity index (χ1v) is 21.5. The zero-order valence-corrected chi connectivity index (χ0v) is 34.5. The third kappa shape index (κ3) is 8.51. The van der Waals surface area contributed by atoms with Gasteiger partial charge in [0, 0.05) is 17.0 Å². The second-order valence-corrected chi connectivity index (χ2v) is 16.1. The minimum absolute atomic E-state index is 0.00464. The molecule has 0 aliphatic carbocycles. The SMILES string of the molecule is O=C(OC(c1ccccc1)c1ccccc1)C1=C(CCl)CS[C@@H]2[C@H](NC(=O)/C(=N\OC(F)F)c3csc(NC(c4ccccc4)(c4ccccc4)c4ccccc4)n3)C(=O)N12. The van der Waals surface area contributed by atoms with Gasteiger partial charge in [0.1, 0.15) is 28.3 Å². The van der Waals surface area contributed by atoms with Gasteiger partial charge in [-0.2, -0.15) is 8.78 Å². The van der Waals surface area contributed by atoms with Gasteiger partial charge in [0.2, 0.25) is 0 Å². The number of carbonyl (C=O) groups excluding carboxylic acids is 3. The predicted octanol–water partition coefficient (Wildman–Crippen LogP) is 8.72. The lowest BCUT2D eigenvalue weighted by molar-refractivity contribution is -0.154. The summed E-state index contributed by atoms with van der Waals surface area (Å²) in [6.45, 7) is -3.35. The Hall–Kier alpha value is -6.35. The van der Waals surface area contributed by atoms with Gasteiger partial charge in [-0.05, 0) is 33.4 Å². The number of carbonyl (C=O) groups is 3. The number of benzene rings is 5. The van der Waals surface area contributed by atoms with Gasteiger partial charge in [-0.1, -0.05) is 157 Å². The van der Waals surface area contributed by atoms with Crippen LogP contribution in [-0.4, -0.2) is 63.0 Å². The number of aromatic nitrogens is 1. The number of rotatable bonds is 15. The van der Waals surface area contributed by atoms with Crippen molar-refractivity contribution in [3.8, 4) is 0 Å². The number of esters is 1. The highest BCUT2D eigenvalue weighted by molar-refractivity contribution is 8.00. The molecule has 1 saturated heterocycles. The summed E-state index contributed by atoms with van der Waals surface area (Å²) in [5, 5.41) is 10.8. The first-order chi connectivity index (χ1) is 29.8. The van der Waals surface area contributed by atoms with E-state index in [4.69, 9.17) is 16.3 Å². The number of amides is 2. The summed E-state index contributed by atoms with van der Waals surface area (Å²) in [5.74, 6) is -2.15. The van der Waals surface area contributed by atoms with Crippen LogP contribution in [-0.2, 0) is 29.5 Å². The molecule has 2 N–H and O–H groups in total. The van der Waals surface area contributed by atoms with Crippen molar-refractivity contribution in [3.63, 3.8) is 0 Å². The van der Waals surface area contributed by atoms with Crippen molar-refractivity contribution in [2.75, 3.05) is 16.9 Å². The largest absolute Gasteiger partial charge is 0.448 e. The van der Waals surface area contributed by atoms with E-state index in [9.17, 15) is 23.2 Å². The topological polar surface area (TPSA) is 122 Å². The Bertz CT molecular complexity index is 2420. The van der Waals surface area contributed by atoms with Crippen LogP contribution in [0.4, 0.5) is 13.9 Å². The number of nitrogens with one attached hydrogen (secondary N) is 2. The molecule has 2 aliphatic heterocycles. The number of nitrogens with zero attached hydrogens (tertiary/aromatic N) is 3. The van der Waals surface area contributed by atoms with Crippen molar-refractivity contribution in [3.05, 3.63) is 202 Å². The summed E-state index contributed by atoms with van der Waals surface area (Å²) in [6.07, 6.45) is -0.789. The Morgan fingerprint density at radius 3 is 1.82 bits per heavy atom. The Labute approximate surface area is 363 Å². The Kier molecular flexibility index (Phi) is 12.6. The molecule has 8 rings (SSSR count). The van der Waals surface area contributed by atoms with Crippen LogP contribution < -0.4 is 10.6 Å². The second kappa shape index (κ2) is 18.5. The molecule has 308 valence electrons. The Balaban J connectivity index is 1.05. The Morgan fingerprint density at radius 1 is 0.820 bits per heavy atom. The summed E-state index contributed by atoms with van der Waals surface area (Å²) in [5.41, 5.74) is 2.96. The summed E-state index contributed by atoms with van der Waals surface area (Å²) in [7, 11) is 0. The number of halogens is 3. The number of ether oxygens (including phenoxy) is 1. The lowest BCUT2D eigenvalue weighted by Gasteiger charge is -2.49. The van der Waals surface area contributed by atoms with Crippen molar-refractivity contribution >= 4 is 63.3 Å². The normalized spacial score (nSPS) is 16.5. The van der Waals surface area contributed by atoms with Crippen LogP contribution in [0.3, 0.4) is 0 Å². The van der Waals surface area contributed by atoms with E-state index in [0.717, 1.165) is 39.2 Å². The number of oxime groups is 1. The van der Waals surface area contributed by atoms with Gasteiger partial charge in [-0.25, -0.2) is 9.78 Å². The van der Waals surface area contributed by atoms with Gasteiger partial charge < -0.3 is 20.2 Å². The zero-order valence-electron chi connectivity index (χ0n) is 32.1. The van der Waals surface area contributed by atoms with E-state index in [1.54, 1.807) is 0 Å². The van der Waals surface area contributed by atoms with Crippen molar-refractivity contribution < 1.29 is 32.7 Å². The molecule has 2 aliphatic rings. The molecule has 10 nitrogen and oxygen atoms in total. The maximum atomic E-state index is 14.1. The van der Waals surface area contributed by atoms with Crippen LogP contribution in [0.15, 0.2) is 173 Å². The number of anilines is 1. The van der Waals surface area contributed by atoms with Gasteiger partial charge in [0.05, 0.1) is 0 Å². The summed E-state index contributed by atoms with van der Waals surface area (Å²) in [4.78, 5) is 52.2. The minimum Gasteiger partial charge on any atom is -0.448 e. The zero-order chi connectivity index (χ0) is 42.3. The molecule has 2 amide bonds. The molecule has 6 aromatic rings. The fourth-order valence-corrected chi connectivity index (χ4v) is 9.84. The van der Waals surface area contributed by atoms with Crippen molar-refractivity contribution in [2.24, 2.45) is 5.16 Å². The number of alkyl halides is 3. The maximum absolute atomic E-state index is 14.1. The molecule has 1 aromatic heterocycles. The Morgan fingerprint density at radius 2 is 1.33 bits per heavy atom. The average molecular weight is 876 g/mol. The molecule has 3 heterocycles.